The monoisotopic (exact) mass is 307 g/mol. The molecule has 2 aromatic rings. The van der Waals surface area contributed by atoms with Crippen molar-refractivity contribution < 1.29 is 0 Å². The van der Waals surface area contributed by atoms with Gasteiger partial charge >= 0.3 is 0 Å². The van der Waals surface area contributed by atoms with Gasteiger partial charge < -0.3 is 5.73 Å². The summed E-state index contributed by atoms with van der Waals surface area (Å²) in [5.41, 5.74) is 11.6. The van der Waals surface area contributed by atoms with Crippen LogP contribution in [0.5, 0.6) is 0 Å². The second kappa shape index (κ2) is 5.14. The van der Waals surface area contributed by atoms with Crippen molar-refractivity contribution in [1.82, 2.24) is 9.78 Å². The van der Waals surface area contributed by atoms with E-state index in [9.17, 15) is 0 Å². The molecule has 0 bridgehead atoms. The van der Waals surface area contributed by atoms with Crippen molar-refractivity contribution in [3.8, 4) is 0 Å². The largest absolute Gasteiger partial charge is 0.398 e. The van der Waals surface area contributed by atoms with Crippen molar-refractivity contribution >= 4 is 21.6 Å². The van der Waals surface area contributed by atoms with Gasteiger partial charge in [-0.25, -0.2) is 0 Å². The summed E-state index contributed by atoms with van der Waals surface area (Å²) in [5.74, 6) is 0. The topological polar surface area (TPSA) is 43.8 Å². The Balaban J connectivity index is 2.34. The van der Waals surface area contributed by atoms with Crippen molar-refractivity contribution in [3.05, 3.63) is 45.2 Å². The fourth-order valence-corrected chi connectivity index (χ4v) is 2.65. The van der Waals surface area contributed by atoms with Gasteiger partial charge in [-0.1, -0.05) is 28.9 Å². The van der Waals surface area contributed by atoms with E-state index in [1.807, 2.05) is 22.9 Å². The summed E-state index contributed by atoms with van der Waals surface area (Å²) in [7, 11) is 0. The first-order valence-corrected chi connectivity index (χ1v) is 6.89. The van der Waals surface area contributed by atoms with Crippen molar-refractivity contribution in [3.63, 3.8) is 0 Å². The molecule has 0 aliphatic carbocycles. The number of rotatable bonds is 3. The van der Waals surface area contributed by atoms with Crippen molar-refractivity contribution in [2.24, 2.45) is 0 Å². The van der Waals surface area contributed by atoms with Crippen LogP contribution in [0.25, 0.3) is 0 Å². The minimum Gasteiger partial charge on any atom is -0.398 e. The molecule has 0 unspecified atom stereocenters. The zero-order valence-corrected chi connectivity index (χ0v) is 12.6. The van der Waals surface area contributed by atoms with Gasteiger partial charge in [0.1, 0.15) is 0 Å². The van der Waals surface area contributed by atoms with Crippen molar-refractivity contribution in [2.75, 3.05) is 5.73 Å². The lowest BCUT2D eigenvalue weighted by Crippen LogP contribution is -2.06. The summed E-state index contributed by atoms with van der Waals surface area (Å²) in [6.07, 6.45) is 1.02. The number of nitrogens with zero attached hydrogens (tertiary/aromatic N) is 2. The van der Waals surface area contributed by atoms with Crippen LogP contribution in [-0.4, -0.2) is 9.78 Å². The maximum Gasteiger partial charge on any atom is 0.0682 e. The predicted octanol–water partition coefficient (Wildman–Crippen LogP) is 3.46. The maximum absolute atomic E-state index is 6.03. The second-order valence-electron chi connectivity index (χ2n) is 4.50. The van der Waals surface area contributed by atoms with Crippen LogP contribution in [0.3, 0.4) is 0 Å². The third-order valence-corrected chi connectivity index (χ3v) is 3.81. The van der Waals surface area contributed by atoms with Gasteiger partial charge in [0.15, 0.2) is 0 Å². The van der Waals surface area contributed by atoms with Crippen molar-refractivity contribution in [1.29, 1.82) is 0 Å². The molecule has 96 valence electrons. The van der Waals surface area contributed by atoms with Gasteiger partial charge in [0, 0.05) is 15.9 Å². The van der Waals surface area contributed by atoms with Crippen LogP contribution in [0.2, 0.25) is 0 Å². The molecular formula is C14H18BrN3. The molecule has 0 atom stereocenters. The molecule has 0 saturated carbocycles. The average Bonchev–Trinajstić information content (AvgIpc) is 2.58. The van der Waals surface area contributed by atoms with Gasteiger partial charge in [-0.3, -0.25) is 4.68 Å². The summed E-state index contributed by atoms with van der Waals surface area (Å²) in [6, 6.07) is 5.99. The van der Waals surface area contributed by atoms with Gasteiger partial charge in [0.05, 0.1) is 12.2 Å². The fourth-order valence-electron chi connectivity index (χ4n) is 2.27. The van der Waals surface area contributed by atoms with E-state index in [0.717, 1.165) is 34.4 Å². The van der Waals surface area contributed by atoms with E-state index in [2.05, 4.69) is 41.8 Å². The van der Waals surface area contributed by atoms with Gasteiger partial charge in [-0.15, -0.1) is 0 Å². The first kappa shape index (κ1) is 13.1. The fraction of sp³-hybridized carbons (Fsp3) is 0.357. The molecule has 0 radical (unpaired) electrons. The summed E-state index contributed by atoms with van der Waals surface area (Å²) in [5, 5.41) is 4.59. The highest BCUT2D eigenvalue weighted by molar-refractivity contribution is 9.10. The third-order valence-electron chi connectivity index (χ3n) is 3.31. The smallest absolute Gasteiger partial charge is 0.0682 e. The Bertz CT molecular complexity index is 573. The standard InChI is InChI=1S/C14H18BrN3/c1-4-13-9(2)17-18(10(13)3)8-11-5-6-12(15)7-14(11)16/h5-7H,4,8,16H2,1-3H3. The Hall–Kier alpha value is -1.29. The molecule has 0 amide bonds. The van der Waals surface area contributed by atoms with Crippen LogP contribution in [-0.2, 0) is 13.0 Å². The molecule has 2 rings (SSSR count). The highest BCUT2D eigenvalue weighted by atomic mass is 79.9. The van der Waals surface area contributed by atoms with Crippen molar-refractivity contribution in [2.45, 2.75) is 33.7 Å². The first-order chi connectivity index (χ1) is 8.52. The molecule has 0 aliphatic heterocycles. The molecule has 1 heterocycles. The van der Waals surface area contributed by atoms with E-state index in [1.54, 1.807) is 0 Å². The Morgan fingerprint density at radius 2 is 2.06 bits per heavy atom. The molecule has 3 nitrogen and oxygen atoms in total. The molecular weight excluding hydrogens is 290 g/mol. The molecule has 4 heteroatoms. The predicted molar refractivity (Wildman–Crippen MR) is 78.7 cm³/mol. The minimum absolute atomic E-state index is 0.728. The van der Waals surface area contributed by atoms with Crippen LogP contribution in [0.15, 0.2) is 22.7 Å². The molecule has 1 aromatic carbocycles. The number of halogens is 1. The number of hydrogen-bond donors (Lipinski definition) is 1. The van der Waals surface area contributed by atoms with Crippen LogP contribution in [0.1, 0.15) is 29.4 Å². The lowest BCUT2D eigenvalue weighted by Gasteiger charge is -2.08. The van der Waals surface area contributed by atoms with E-state index in [0.29, 0.717) is 0 Å². The number of nitrogens with two attached hydrogens (primary N) is 1. The zero-order valence-electron chi connectivity index (χ0n) is 11.0. The van der Waals surface area contributed by atoms with Crippen LogP contribution in [0, 0.1) is 13.8 Å². The van der Waals surface area contributed by atoms with Gasteiger partial charge in [-0.2, -0.15) is 5.10 Å². The number of hydrogen-bond acceptors (Lipinski definition) is 2. The van der Waals surface area contributed by atoms with E-state index in [1.165, 1.54) is 11.3 Å². The Kier molecular flexibility index (Phi) is 3.76. The van der Waals surface area contributed by atoms with Crippen LogP contribution < -0.4 is 5.73 Å². The molecule has 0 aliphatic rings. The highest BCUT2D eigenvalue weighted by Gasteiger charge is 2.10. The second-order valence-corrected chi connectivity index (χ2v) is 5.42. The quantitative estimate of drug-likeness (QED) is 0.883. The molecule has 2 N–H and O–H groups in total. The van der Waals surface area contributed by atoms with Gasteiger partial charge in [0.2, 0.25) is 0 Å². The average molecular weight is 308 g/mol. The lowest BCUT2D eigenvalue weighted by molar-refractivity contribution is 0.659. The van der Waals surface area contributed by atoms with E-state index >= 15 is 0 Å². The normalized spacial score (nSPS) is 10.9. The zero-order chi connectivity index (χ0) is 13.3. The summed E-state index contributed by atoms with van der Waals surface area (Å²) in [6.45, 7) is 7.07. The van der Waals surface area contributed by atoms with Crippen LogP contribution >= 0.6 is 15.9 Å². The summed E-state index contributed by atoms with van der Waals surface area (Å²) in [4.78, 5) is 0. The maximum atomic E-state index is 6.03. The number of benzene rings is 1. The SMILES string of the molecule is CCc1c(C)nn(Cc2ccc(Br)cc2N)c1C. The number of nitrogen functional groups attached to an aromatic ring is 1. The lowest BCUT2D eigenvalue weighted by atomic mass is 10.1. The molecule has 1 aromatic heterocycles. The third kappa shape index (κ3) is 2.43. The van der Waals surface area contributed by atoms with Crippen LogP contribution in [0.4, 0.5) is 5.69 Å². The van der Waals surface area contributed by atoms with E-state index < -0.39 is 0 Å². The molecule has 0 fully saturated rings. The summed E-state index contributed by atoms with van der Waals surface area (Å²) < 4.78 is 3.04. The first-order valence-electron chi connectivity index (χ1n) is 6.09. The Labute approximate surface area is 116 Å². The number of aryl methyl sites for hydroxylation is 1. The highest BCUT2D eigenvalue weighted by Crippen LogP contribution is 2.21. The molecule has 18 heavy (non-hydrogen) atoms. The van der Waals surface area contributed by atoms with E-state index in [-0.39, 0.29) is 0 Å². The Morgan fingerprint density at radius 1 is 1.33 bits per heavy atom. The van der Waals surface area contributed by atoms with Gasteiger partial charge in [0.25, 0.3) is 0 Å². The van der Waals surface area contributed by atoms with E-state index in [4.69, 9.17) is 5.73 Å². The summed E-state index contributed by atoms with van der Waals surface area (Å²) >= 11 is 3.42. The number of anilines is 1. The Morgan fingerprint density at radius 3 is 2.61 bits per heavy atom. The minimum atomic E-state index is 0.728. The molecule has 0 spiro atoms. The van der Waals surface area contributed by atoms with Gasteiger partial charge in [-0.05, 0) is 43.5 Å². The number of aromatic nitrogens is 2. The molecule has 0 saturated heterocycles.